The number of anilines is 3. The van der Waals surface area contributed by atoms with Crippen molar-refractivity contribution in [1.29, 1.82) is 0 Å². The average molecular weight is 732 g/mol. The number of allylic oxidation sites excluding steroid dienone is 4. The van der Waals surface area contributed by atoms with Gasteiger partial charge in [-0.3, -0.25) is 0 Å². The highest BCUT2D eigenvalue weighted by atomic mass is 16.3. The Bertz CT molecular complexity index is 3110. The highest BCUT2D eigenvalue weighted by molar-refractivity contribution is 6.10. The van der Waals surface area contributed by atoms with Crippen LogP contribution in [0.3, 0.4) is 0 Å². The van der Waals surface area contributed by atoms with Crippen LogP contribution in [0, 0.1) is 13.8 Å². The van der Waals surface area contributed by atoms with Crippen molar-refractivity contribution in [2.75, 3.05) is 4.90 Å². The SMILES string of the molecule is Cc1cc(N(c2cccc(-c3cccc4c3oc3ccccc34)c2)c2ccc3c(c2)C(C2=CC=CCC2)(c2ccccc2)c2ccccc2-3)c2ccccc2c1C. The van der Waals surface area contributed by atoms with Gasteiger partial charge in [-0.1, -0.05) is 157 Å². The van der Waals surface area contributed by atoms with E-state index >= 15 is 0 Å². The minimum absolute atomic E-state index is 0.427. The van der Waals surface area contributed by atoms with Gasteiger partial charge in [0.25, 0.3) is 0 Å². The molecule has 2 aliphatic carbocycles. The third-order valence-corrected chi connectivity index (χ3v) is 12.6. The Hall–Kier alpha value is -6.90. The summed E-state index contributed by atoms with van der Waals surface area (Å²) in [6.07, 6.45) is 8.97. The summed E-state index contributed by atoms with van der Waals surface area (Å²) in [4.78, 5) is 2.49. The van der Waals surface area contributed by atoms with Gasteiger partial charge in [-0.2, -0.15) is 0 Å². The highest BCUT2D eigenvalue weighted by Gasteiger charge is 2.47. The van der Waals surface area contributed by atoms with Gasteiger partial charge in [-0.15, -0.1) is 0 Å². The van der Waals surface area contributed by atoms with Crippen LogP contribution in [0.2, 0.25) is 0 Å². The first-order valence-corrected chi connectivity index (χ1v) is 20.1. The van der Waals surface area contributed by atoms with E-state index in [9.17, 15) is 0 Å². The number of nitrogens with zero attached hydrogens (tertiary/aromatic N) is 1. The average Bonchev–Trinajstić information content (AvgIpc) is 3.80. The van der Waals surface area contributed by atoms with Crippen molar-refractivity contribution in [1.82, 2.24) is 0 Å². The van der Waals surface area contributed by atoms with E-state index in [0.717, 1.165) is 63.0 Å². The molecule has 272 valence electrons. The van der Waals surface area contributed by atoms with Crippen molar-refractivity contribution in [3.8, 4) is 22.3 Å². The zero-order chi connectivity index (χ0) is 38.1. The molecule has 0 aliphatic heterocycles. The smallest absolute Gasteiger partial charge is 0.143 e. The number of furan rings is 1. The zero-order valence-electron chi connectivity index (χ0n) is 32.2. The number of rotatable bonds is 6. The predicted octanol–water partition coefficient (Wildman–Crippen LogP) is 15.1. The van der Waals surface area contributed by atoms with Crippen LogP contribution in [0.5, 0.6) is 0 Å². The second-order valence-electron chi connectivity index (χ2n) is 15.6. The molecule has 2 heteroatoms. The first-order valence-electron chi connectivity index (χ1n) is 20.1. The van der Waals surface area contributed by atoms with Crippen LogP contribution in [0.25, 0.3) is 55.0 Å². The lowest BCUT2D eigenvalue weighted by atomic mass is 9.65. The lowest BCUT2D eigenvalue weighted by Gasteiger charge is -2.37. The Kier molecular flexibility index (Phi) is 7.69. The number of aryl methyl sites for hydroxylation is 2. The molecule has 1 unspecified atom stereocenters. The van der Waals surface area contributed by atoms with Crippen molar-refractivity contribution in [3.05, 3.63) is 221 Å². The molecule has 9 aromatic rings. The minimum Gasteiger partial charge on any atom is -0.455 e. The van der Waals surface area contributed by atoms with Crippen LogP contribution < -0.4 is 4.90 Å². The Morgan fingerprint density at radius 1 is 0.544 bits per heavy atom. The molecule has 0 bridgehead atoms. The molecule has 0 saturated carbocycles. The number of para-hydroxylation sites is 2. The molecule has 2 aliphatic rings. The van der Waals surface area contributed by atoms with Crippen LogP contribution in [0.15, 0.2) is 198 Å². The van der Waals surface area contributed by atoms with Crippen molar-refractivity contribution >= 4 is 49.8 Å². The number of hydrogen-bond donors (Lipinski definition) is 0. The number of hydrogen-bond acceptors (Lipinski definition) is 2. The standard InChI is InChI=1S/C55H41NO/c1-36-33-52(47-25-10-9-23-43(47)37(36)2)56(41-22-15-17-38(34-41)44-27-16-28-49-48-26-12-14-30-53(48)57-54(44)49)42-31-32-46-45-24-11-13-29-50(45)55(51(46)35-42,39-18-5-3-6-19-39)40-20-7-4-8-21-40/h3-7,9-20,22-35H,8,21H2,1-2H3. The lowest BCUT2D eigenvalue weighted by molar-refractivity contribution is 0.670. The van der Waals surface area contributed by atoms with E-state index in [2.05, 4.69) is 201 Å². The molecule has 1 heterocycles. The molecule has 11 rings (SSSR count). The minimum atomic E-state index is -0.427. The molecule has 2 nitrogen and oxygen atoms in total. The highest BCUT2D eigenvalue weighted by Crippen LogP contribution is 2.59. The van der Waals surface area contributed by atoms with E-state index in [1.165, 1.54) is 55.3 Å². The third-order valence-electron chi connectivity index (χ3n) is 12.6. The summed E-state index contributed by atoms with van der Waals surface area (Å²) in [5.41, 5.74) is 17.6. The maximum Gasteiger partial charge on any atom is 0.143 e. The van der Waals surface area contributed by atoms with Crippen molar-refractivity contribution in [2.45, 2.75) is 32.1 Å². The third kappa shape index (κ3) is 5.03. The number of fused-ring (bicyclic) bond motifs is 7. The van der Waals surface area contributed by atoms with E-state index < -0.39 is 5.41 Å². The summed E-state index contributed by atoms with van der Waals surface area (Å²) < 4.78 is 6.57. The van der Waals surface area contributed by atoms with E-state index in [1.54, 1.807) is 0 Å². The van der Waals surface area contributed by atoms with Crippen LogP contribution in [-0.2, 0) is 5.41 Å². The van der Waals surface area contributed by atoms with Crippen LogP contribution >= 0.6 is 0 Å². The summed E-state index contributed by atoms with van der Waals surface area (Å²) in [6.45, 7) is 4.48. The molecule has 0 fully saturated rings. The van der Waals surface area contributed by atoms with Crippen molar-refractivity contribution < 1.29 is 4.42 Å². The van der Waals surface area contributed by atoms with E-state index in [-0.39, 0.29) is 0 Å². The Balaban J connectivity index is 1.19. The Labute approximate surface area is 333 Å². The second-order valence-corrected chi connectivity index (χ2v) is 15.6. The van der Waals surface area contributed by atoms with E-state index in [4.69, 9.17) is 4.42 Å². The fourth-order valence-corrected chi connectivity index (χ4v) is 9.89. The quantitative estimate of drug-likeness (QED) is 0.169. The molecule has 0 spiro atoms. The molecule has 0 saturated heterocycles. The molecule has 1 aromatic heterocycles. The normalized spacial score (nSPS) is 15.9. The van der Waals surface area contributed by atoms with Crippen LogP contribution in [0.1, 0.15) is 40.7 Å². The molecular formula is C55H41NO. The van der Waals surface area contributed by atoms with Gasteiger partial charge in [0.05, 0.1) is 11.1 Å². The van der Waals surface area contributed by atoms with Gasteiger partial charge in [0.15, 0.2) is 0 Å². The van der Waals surface area contributed by atoms with Gasteiger partial charge in [0, 0.05) is 33.1 Å². The van der Waals surface area contributed by atoms with Gasteiger partial charge in [0.2, 0.25) is 0 Å². The Morgan fingerprint density at radius 3 is 2.11 bits per heavy atom. The molecule has 0 amide bonds. The van der Waals surface area contributed by atoms with Gasteiger partial charge in [0.1, 0.15) is 11.2 Å². The molecule has 57 heavy (non-hydrogen) atoms. The topological polar surface area (TPSA) is 16.4 Å². The first-order chi connectivity index (χ1) is 28.1. The van der Waals surface area contributed by atoms with E-state index in [1.807, 2.05) is 6.07 Å². The van der Waals surface area contributed by atoms with Crippen molar-refractivity contribution in [3.63, 3.8) is 0 Å². The fraction of sp³-hybridized carbons (Fsp3) is 0.0909. The molecule has 0 radical (unpaired) electrons. The van der Waals surface area contributed by atoms with Gasteiger partial charge in [-0.25, -0.2) is 0 Å². The van der Waals surface area contributed by atoms with E-state index in [0.29, 0.717) is 0 Å². The van der Waals surface area contributed by atoms with Crippen LogP contribution in [-0.4, -0.2) is 0 Å². The predicted molar refractivity (Wildman–Crippen MR) is 239 cm³/mol. The molecular weight excluding hydrogens is 691 g/mol. The van der Waals surface area contributed by atoms with Gasteiger partial charge >= 0.3 is 0 Å². The van der Waals surface area contributed by atoms with Gasteiger partial charge < -0.3 is 9.32 Å². The maximum absolute atomic E-state index is 6.57. The summed E-state index contributed by atoms with van der Waals surface area (Å²) in [7, 11) is 0. The summed E-state index contributed by atoms with van der Waals surface area (Å²) >= 11 is 0. The summed E-state index contributed by atoms with van der Waals surface area (Å²) in [5.74, 6) is 0. The first kappa shape index (κ1) is 33.4. The largest absolute Gasteiger partial charge is 0.455 e. The van der Waals surface area contributed by atoms with Crippen LogP contribution in [0.4, 0.5) is 17.1 Å². The molecule has 0 N–H and O–H groups in total. The van der Waals surface area contributed by atoms with Crippen molar-refractivity contribution in [2.24, 2.45) is 0 Å². The Morgan fingerprint density at radius 2 is 1.25 bits per heavy atom. The number of benzene rings is 8. The monoisotopic (exact) mass is 731 g/mol. The lowest BCUT2D eigenvalue weighted by Crippen LogP contribution is -2.30. The fourth-order valence-electron chi connectivity index (χ4n) is 9.89. The second kappa shape index (κ2) is 13.1. The molecule has 1 atom stereocenters. The summed E-state index contributed by atoms with van der Waals surface area (Å²) in [6, 6.07) is 62.6. The van der Waals surface area contributed by atoms with Gasteiger partial charge in [-0.05, 0) is 113 Å². The molecule has 8 aromatic carbocycles. The summed E-state index contributed by atoms with van der Waals surface area (Å²) in [5, 5.41) is 4.77. The maximum atomic E-state index is 6.57. The zero-order valence-corrected chi connectivity index (χ0v) is 32.2.